The van der Waals surface area contributed by atoms with Crippen LogP contribution < -0.4 is 11.1 Å². The smallest absolute Gasteiger partial charge is 0.270 e. The molecule has 0 saturated heterocycles. The van der Waals surface area contributed by atoms with Gasteiger partial charge < -0.3 is 11.1 Å². The molecule has 104 valence electrons. The van der Waals surface area contributed by atoms with Crippen LogP contribution in [0.25, 0.3) is 0 Å². The van der Waals surface area contributed by atoms with Crippen molar-refractivity contribution in [3.05, 3.63) is 51.5 Å². The molecule has 0 aliphatic carbocycles. The van der Waals surface area contributed by atoms with E-state index < -0.39 is 22.2 Å². The number of H-pyrrole nitrogens is 1. The van der Waals surface area contributed by atoms with E-state index in [0.717, 1.165) is 18.2 Å². The Morgan fingerprint density at radius 3 is 2.90 bits per heavy atom. The molecule has 1 aromatic heterocycles. The zero-order valence-corrected chi connectivity index (χ0v) is 10.1. The topological polar surface area (TPSA) is 127 Å². The normalized spacial score (nSPS) is 10.2. The number of anilines is 1. The van der Waals surface area contributed by atoms with Crippen LogP contribution in [0.4, 0.5) is 15.9 Å². The lowest BCUT2D eigenvalue weighted by atomic mass is 10.1. The highest BCUT2D eigenvalue weighted by molar-refractivity contribution is 5.95. The summed E-state index contributed by atoms with van der Waals surface area (Å²) in [7, 11) is 0. The standard InChI is InChI=1S/C11H10FN5O3/c12-9-2-1-7(17(19)20)3-8(9)11(18)14-4-6-5-15-16-10(6)13/h1-3,5H,4H2,(H,14,18)(H3,13,15,16). The van der Waals surface area contributed by atoms with Crippen LogP contribution in [0.5, 0.6) is 0 Å². The number of nitrogens with zero attached hydrogens (tertiary/aromatic N) is 2. The van der Waals surface area contributed by atoms with Gasteiger partial charge >= 0.3 is 0 Å². The predicted octanol–water partition coefficient (Wildman–Crippen LogP) is 0.969. The second-order valence-electron chi connectivity index (χ2n) is 3.91. The molecule has 0 spiro atoms. The summed E-state index contributed by atoms with van der Waals surface area (Å²) in [6.45, 7) is 0.0311. The van der Waals surface area contributed by atoms with E-state index in [4.69, 9.17) is 5.73 Å². The molecule has 0 saturated carbocycles. The lowest BCUT2D eigenvalue weighted by Gasteiger charge is -2.05. The number of amides is 1. The van der Waals surface area contributed by atoms with Gasteiger partial charge in [-0.3, -0.25) is 20.0 Å². The van der Waals surface area contributed by atoms with Gasteiger partial charge in [-0.25, -0.2) is 4.39 Å². The van der Waals surface area contributed by atoms with E-state index in [1.807, 2.05) is 0 Å². The summed E-state index contributed by atoms with van der Waals surface area (Å²) in [6.07, 6.45) is 1.42. The molecule has 0 atom stereocenters. The van der Waals surface area contributed by atoms with Crippen molar-refractivity contribution in [1.29, 1.82) is 0 Å². The summed E-state index contributed by atoms with van der Waals surface area (Å²) in [5, 5.41) is 19.1. The minimum Gasteiger partial charge on any atom is -0.384 e. The molecule has 0 radical (unpaired) electrons. The van der Waals surface area contributed by atoms with Crippen molar-refractivity contribution in [1.82, 2.24) is 15.5 Å². The summed E-state index contributed by atoms with van der Waals surface area (Å²) in [5.74, 6) is -1.33. The van der Waals surface area contributed by atoms with E-state index in [-0.39, 0.29) is 18.1 Å². The third-order valence-corrected chi connectivity index (χ3v) is 2.60. The first-order valence-electron chi connectivity index (χ1n) is 5.49. The molecule has 0 fully saturated rings. The molecule has 1 aromatic carbocycles. The summed E-state index contributed by atoms with van der Waals surface area (Å²) >= 11 is 0. The molecule has 0 aliphatic rings. The van der Waals surface area contributed by atoms with Gasteiger partial charge in [0.1, 0.15) is 11.6 Å². The Balaban J connectivity index is 2.15. The maximum Gasteiger partial charge on any atom is 0.270 e. The number of nitrogen functional groups attached to an aromatic ring is 1. The summed E-state index contributed by atoms with van der Waals surface area (Å²) in [5.41, 5.74) is 5.29. The third-order valence-electron chi connectivity index (χ3n) is 2.60. The van der Waals surface area contributed by atoms with E-state index >= 15 is 0 Å². The number of aromatic amines is 1. The molecule has 0 aliphatic heterocycles. The third kappa shape index (κ3) is 2.71. The Labute approximate surface area is 111 Å². The molecular weight excluding hydrogens is 269 g/mol. The SMILES string of the molecule is Nc1[nH]ncc1CNC(=O)c1cc([N+](=O)[O-])ccc1F. The number of hydrogen-bond acceptors (Lipinski definition) is 5. The minimum absolute atomic E-state index is 0.0311. The Morgan fingerprint density at radius 2 is 2.30 bits per heavy atom. The van der Waals surface area contributed by atoms with Crippen LogP contribution in [0.2, 0.25) is 0 Å². The number of benzene rings is 1. The number of carbonyl (C=O) groups is 1. The molecule has 2 aromatic rings. The van der Waals surface area contributed by atoms with E-state index in [9.17, 15) is 19.3 Å². The number of hydrogen-bond donors (Lipinski definition) is 3. The van der Waals surface area contributed by atoms with Gasteiger partial charge in [-0.05, 0) is 6.07 Å². The predicted molar refractivity (Wildman–Crippen MR) is 67.2 cm³/mol. The summed E-state index contributed by atoms with van der Waals surface area (Å²) in [4.78, 5) is 21.7. The molecule has 0 unspecified atom stereocenters. The van der Waals surface area contributed by atoms with Gasteiger partial charge in [0, 0.05) is 24.2 Å². The summed E-state index contributed by atoms with van der Waals surface area (Å²) < 4.78 is 13.5. The number of nitro benzene ring substituents is 1. The van der Waals surface area contributed by atoms with Crippen molar-refractivity contribution in [3.63, 3.8) is 0 Å². The van der Waals surface area contributed by atoms with Crippen LogP contribution in [0.1, 0.15) is 15.9 Å². The van der Waals surface area contributed by atoms with Gasteiger partial charge in [0.05, 0.1) is 16.7 Å². The number of nitro groups is 1. The maximum atomic E-state index is 13.5. The first-order valence-corrected chi connectivity index (χ1v) is 5.49. The Morgan fingerprint density at radius 1 is 1.55 bits per heavy atom. The lowest BCUT2D eigenvalue weighted by molar-refractivity contribution is -0.384. The highest BCUT2D eigenvalue weighted by Crippen LogP contribution is 2.17. The Hall–Kier alpha value is -2.97. The van der Waals surface area contributed by atoms with Gasteiger partial charge in [-0.15, -0.1) is 0 Å². The zero-order valence-electron chi connectivity index (χ0n) is 10.1. The molecule has 1 amide bonds. The van der Waals surface area contributed by atoms with Gasteiger partial charge in [-0.2, -0.15) is 5.10 Å². The van der Waals surface area contributed by atoms with Crippen molar-refractivity contribution in [2.45, 2.75) is 6.54 Å². The van der Waals surface area contributed by atoms with E-state index in [2.05, 4.69) is 15.5 Å². The molecule has 9 heteroatoms. The lowest BCUT2D eigenvalue weighted by Crippen LogP contribution is -2.24. The van der Waals surface area contributed by atoms with Crippen LogP contribution >= 0.6 is 0 Å². The van der Waals surface area contributed by atoms with E-state index in [0.29, 0.717) is 5.56 Å². The average molecular weight is 279 g/mol. The van der Waals surface area contributed by atoms with Crippen LogP contribution in [-0.2, 0) is 6.54 Å². The Bertz CT molecular complexity index is 670. The van der Waals surface area contributed by atoms with Crippen LogP contribution in [0.15, 0.2) is 24.4 Å². The fourth-order valence-corrected chi connectivity index (χ4v) is 1.53. The second kappa shape index (κ2) is 5.34. The summed E-state index contributed by atoms with van der Waals surface area (Å²) in [6, 6.07) is 2.74. The van der Waals surface area contributed by atoms with Gasteiger partial charge in [0.2, 0.25) is 0 Å². The van der Waals surface area contributed by atoms with Crippen molar-refractivity contribution in [2.75, 3.05) is 5.73 Å². The largest absolute Gasteiger partial charge is 0.384 e. The molecular formula is C11H10FN5O3. The van der Waals surface area contributed by atoms with E-state index in [1.54, 1.807) is 0 Å². The van der Waals surface area contributed by atoms with Crippen LogP contribution in [0.3, 0.4) is 0 Å². The molecule has 4 N–H and O–H groups in total. The number of nitrogens with one attached hydrogen (secondary N) is 2. The quantitative estimate of drug-likeness (QED) is 0.567. The maximum absolute atomic E-state index is 13.5. The first-order chi connectivity index (χ1) is 9.49. The van der Waals surface area contributed by atoms with Crippen molar-refractivity contribution in [2.24, 2.45) is 0 Å². The number of nitrogens with two attached hydrogens (primary N) is 1. The van der Waals surface area contributed by atoms with Crippen molar-refractivity contribution < 1.29 is 14.1 Å². The Kier molecular flexibility index (Phi) is 3.60. The molecule has 20 heavy (non-hydrogen) atoms. The molecule has 2 rings (SSSR count). The fraction of sp³-hybridized carbons (Fsp3) is 0.0909. The first kappa shape index (κ1) is 13.5. The van der Waals surface area contributed by atoms with E-state index in [1.165, 1.54) is 6.20 Å². The minimum atomic E-state index is -0.840. The number of carbonyl (C=O) groups excluding carboxylic acids is 1. The van der Waals surface area contributed by atoms with Crippen molar-refractivity contribution >= 4 is 17.4 Å². The fourth-order valence-electron chi connectivity index (χ4n) is 1.53. The second-order valence-corrected chi connectivity index (χ2v) is 3.91. The van der Waals surface area contributed by atoms with Crippen LogP contribution in [-0.4, -0.2) is 21.0 Å². The number of halogens is 1. The number of aromatic nitrogens is 2. The van der Waals surface area contributed by atoms with Gasteiger partial charge in [0.15, 0.2) is 0 Å². The highest BCUT2D eigenvalue weighted by Gasteiger charge is 2.17. The van der Waals surface area contributed by atoms with Crippen LogP contribution in [0, 0.1) is 15.9 Å². The number of non-ortho nitro benzene ring substituents is 1. The molecule has 0 bridgehead atoms. The molecule has 1 heterocycles. The van der Waals surface area contributed by atoms with Crippen molar-refractivity contribution in [3.8, 4) is 0 Å². The average Bonchev–Trinajstić information content (AvgIpc) is 2.81. The monoisotopic (exact) mass is 279 g/mol. The van der Waals surface area contributed by atoms with Gasteiger partial charge in [-0.1, -0.05) is 0 Å². The molecule has 8 nitrogen and oxygen atoms in total. The number of rotatable bonds is 4. The zero-order chi connectivity index (χ0) is 14.7. The van der Waals surface area contributed by atoms with Gasteiger partial charge in [0.25, 0.3) is 11.6 Å². The highest BCUT2D eigenvalue weighted by atomic mass is 19.1.